The van der Waals surface area contributed by atoms with Crippen molar-refractivity contribution in [3.63, 3.8) is 0 Å². The minimum absolute atomic E-state index is 0.718. The first-order valence-electron chi connectivity index (χ1n) is 5.82. The summed E-state index contributed by atoms with van der Waals surface area (Å²) in [5.41, 5.74) is 1.84. The van der Waals surface area contributed by atoms with Crippen LogP contribution in [0.1, 0.15) is 0 Å². The van der Waals surface area contributed by atoms with Crippen LogP contribution >= 0.6 is 38.9 Å². The fourth-order valence-electron chi connectivity index (χ4n) is 1.79. The first-order chi connectivity index (χ1) is 9.65. The van der Waals surface area contributed by atoms with Gasteiger partial charge in [0.25, 0.3) is 0 Å². The number of methoxy groups -OCH3 is 1. The summed E-state index contributed by atoms with van der Waals surface area (Å²) in [4.78, 5) is 4.53. The largest absolute Gasteiger partial charge is 0.497 e. The van der Waals surface area contributed by atoms with Crippen molar-refractivity contribution >= 4 is 59.9 Å². The van der Waals surface area contributed by atoms with Crippen molar-refractivity contribution in [3.8, 4) is 5.75 Å². The number of anilines is 2. The summed E-state index contributed by atoms with van der Waals surface area (Å²) in [6.45, 7) is 0. The van der Waals surface area contributed by atoms with Gasteiger partial charge < -0.3 is 10.1 Å². The van der Waals surface area contributed by atoms with Crippen LogP contribution in [0.15, 0.2) is 40.9 Å². The average molecular weight is 370 g/mol. The fourth-order valence-corrected chi connectivity index (χ4v) is 3.29. The Kier molecular flexibility index (Phi) is 3.83. The third-order valence-electron chi connectivity index (χ3n) is 2.77. The molecule has 0 radical (unpaired) electrons. The van der Waals surface area contributed by atoms with Crippen LogP contribution in [0.5, 0.6) is 5.75 Å². The highest BCUT2D eigenvalue weighted by Gasteiger charge is 2.07. The van der Waals surface area contributed by atoms with Crippen LogP contribution in [0.3, 0.4) is 0 Å². The minimum atomic E-state index is 0.718. The molecule has 102 valence electrons. The predicted molar refractivity (Wildman–Crippen MR) is 88.6 cm³/mol. The number of ether oxygens (including phenoxy) is 1. The second kappa shape index (κ2) is 5.60. The van der Waals surface area contributed by atoms with E-state index >= 15 is 0 Å². The minimum Gasteiger partial charge on any atom is -0.497 e. The molecule has 0 spiro atoms. The Morgan fingerprint density at radius 1 is 1.25 bits per heavy atom. The smallest absolute Gasteiger partial charge is 0.188 e. The molecule has 1 heterocycles. The monoisotopic (exact) mass is 368 g/mol. The normalized spacial score (nSPS) is 10.8. The summed E-state index contributed by atoms with van der Waals surface area (Å²) in [7, 11) is 1.65. The zero-order valence-corrected chi connectivity index (χ0v) is 13.6. The van der Waals surface area contributed by atoms with Gasteiger partial charge in [-0.15, -0.1) is 0 Å². The molecule has 0 atom stereocenters. The molecule has 0 aliphatic rings. The second-order valence-corrected chi connectivity index (χ2v) is 6.42. The van der Waals surface area contributed by atoms with Gasteiger partial charge in [0.15, 0.2) is 5.13 Å². The summed E-state index contributed by atoms with van der Waals surface area (Å²) in [5.74, 6) is 0.792. The molecule has 0 bridgehead atoms. The first-order valence-corrected chi connectivity index (χ1v) is 7.81. The van der Waals surface area contributed by atoms with E-state index < -0.39 is 0 Å². The maximum Gasteiger partial charge on any atom is 0.188 e. The van der Waals surface area contributed by atoms with Gasteiger partial charge >= 0.3 is 0 Å². The van der Waals surface area contributed by atoms with Crippen molar-refractivity contribution in [1.29, 1.82) is 0 Å². The van der Waals surface area contributed by atoms with Crippen LogP contribution in [0.2, 0.25) is 5.02 Å². The van der Waals surface area contributed by atoms with Crippen molar-refractivity contribution in [1.82, 2.24) is 4.98 Å². The molecular weight excluding hydrogens is 360 g/mol. The van der Waals surface area contributed by atoms with Gasteiger partial charge in [0.05, 0.1) is 23.0 Å². The Bertz CT molecular complexity index is 775. The number of fused-ring (bicyclic) bond motifs is 1. The van der Waals surface area contributed by atoms with Gasteiger partial charge in [0.1, 0.15) is 5.75 Å². The Morgan fingerprint density at radius 2 is 2.10 bits per heavy atom. The second-order valence-electron chi connectivity index (χ2n) is 4.10. The zero-order chi connectivity index (χ0) is 14.1. The molecule has 3 rings (SSSR count). The van der Waals surface area contributed by atoms with E-state index in [-0.39, 0.29) is 0 Å². The molecule has 0 aliphatic heterocycles. The number of nitrogens with zero attached hydrogens (tertiary/aromatic N) is 1. The van der Waals surface area contributed by atoms with Crippen LogP contribution < -0.4 is 10.1 Å². The van der Waals surface area contributed by atoms with Crippen molar-refractivity contribution in [2.24, 2.45) is 0 Å². The lowest BCUT2D eigenvalue weighted by atomic mass is 10.3. The fraction of sp³-hybridized carbons (Fsp3) is 0.0714. The highest BCUT2D eigenvalue weighted by molar-refractivity contribution is 9.10. The lowest BCUT2D eigenvalue weighted by Gasteiger charge is -2.07. The quantitative estimate of drug-likeness (QED) is 0.665. The molecule has 0 saturated heterocycles. The van der Waals surface area contributed by atoms with Crippen LogP contribution in [-0.4, -0.2) is 12.1 Å². The van der Waals surface area contributed by atoms with Crippen LogP contribution in [-0.2, 0) is 0 Å². The maximum atomic E-state index is 5.99. The number of hydrogen-bond donors (Lipinski definition) is 1. The summed E-state index contributed by atoms with van der Waals surface area (Å²) in [5, 5.41) is 4.83. The van der Waals surface area contributed by atoms with E-state index in [0.717, 1.165) is 36.3 Å². The van der Waals surface area contributed by atoms with E-state index in [1.54, 1.807) is 18.4 Å². The number of thiazole rings is 1. The molecule has 2 aromatic carbocycles. The van der Waals surface area contributed by atoms with Crippen LogP contribution in [0, 0.1) is 0 Å². The van der Waals surface area contributed by atoms with Gasteiger partial charge in [-0.25, -0.2) is 4.98 Å². The first kappa shape index (κ1) is 13.7. The Balaban J connectivity index is 1.96. The molecule has 6 heteroatoms. The van der Waals surface area contributed by atoms with Crippen LogP contribution in [0.25, 0.3) is 10.2 Å². The lowest BCUT2D eigenvalue weighted by Crippen LogP contribution is -1.92. The van der Waals surface area contributed by atoms with Crippen LogP contribution in [0.4, 0.5) is 10.8 Å². The molecule has 0 amide bonds. The molecule has 0 unspecified atom stereocenters. The molecule has 1 N–H and O–H groups in total. The standard InChI is InChI=1S/C14H10BrClN2OS/c1-19-9-3-4-10(15)12(7-9)18-14-17-11-5-2-8(16)6-13(11)20-14/h2-7H,1H3,(H,17,18). The summed E-state index contributed by atoms with van der Waals surface area (Å²) >= 11 is 11.1. The van der Waals surface area contributed by atoms with E-state index in [4.69, 9.17) is 16.3 Å². The SMILES string of the molecule is COc1ccc(Br)c(Nc2nc3ccc(Cl)cc3s2)c1. The third kappa shape index (κ3) is 2.75. The number of aromatic nitrogens is 1. The highest BCUT2D eigenvalue weighted by Crippen LogP contribution is 2.34. The molecule has 3 aromatic rings. The van der Waals surface area contributed by atoms with Crippen molar-refractivity contribution in [3.05, 3.63) is 45.9 Å². The number of nitrogens with one attached hydrogen (secondary N) is 1. The average Bonchev–Trinajstić information content (AvgIpc) is 2.82. The number of halogens is 2. The summed E-state index contributed by atoms with van der Waals surface area (Å²) in [6, 6.07) is 11.4. The molecule has 3 nitrogen and oxygen atoms in total. The predicted octanol–water partition coefficient (Wildman–Crippen LogP) is 5.46. The Morgan fingerprint density at radius 3 is 2.90 bits per heavy atom. The Labute approximate surface area is 133 Å². The molecule has 0 fully saturated rings. The van der Waals surface area contributed by atoms with Gasteiger partial charge in [0, 0.05) is 15.6 Å². The van der Waals surface area contributed by atoms with E-state index in [9.17, 15) is 0 Å². The Hall–Kier alpha value is -1.30. The molecular formula is C14H10BrClN2OS. The number of rotatable bonds is 3. The third-order valence-corrected chi connectivity index (χ3v) is 4.63. The number of benzene rings is 2. The molecule has 0 saturated carbocycles. The molecule has 1 aromatic heterocycles. The van der Waals surface area contributed by atoms with E-state index in [1.807, 2.05) is 36.4 Å². The van der Waals surface area contributed by atoms with Gasteiger partial charge in [-0.3, -0.25) is 0 Å². The van der Waals surface area contributed by atoms with Crippen molar-refractivity contribution in [2.75, 3.05) is 12.4 Å². The molecule has 20 heavy (non-hydrogen) atoms. The molecule has 0 aliphatic carbocycles. The maximum absolute atomic E-state index is 5.99. The summed E-state index contributed by atoms with van der Waals surface area (Å²) in [6.07, 6.45) is 0. The van der Waals surface area contributed by atoms with Crippen molar-refractivity contribution < 1.29 is 4.74 Å². The van der Waals surface area contributed by atoms with Gasteiger partial charge in [-0.2, -0.15) is 0 Å². The van der Waals surface area contributed by atoms with E-state index in [2.05, 4.69) is 26.2 Å². The van der Waals surface area contributed by atoms with Crippen molar-refractivity contribution in [2.45, 2.75) is 0 Å². The van der Waals surface area contributed by atoms with Gasteiger partial charge in [-0.1, -0.05) is 22.9 Å². The zero-order valence-electron chi connectivity index (χ0n) is 10.5. The van der Waals surface area contributed by atoms with Gasteiger partial charge in [-0.05, 0) is 46.3 Å². The number of hydrogen-bond acceptors (Lipinski definition) is 4. The van der Waals surface area contributed by atoms with E-state index in [1.165, 1.54) is 0 Å². The van der Waals surface area contributed by atoms with E-state index in [0.29, 0.717) is 0 Å². The lowest BCUT2D eigenvalue weighted by molar-refractivity contribution is 0.415. The van der Waals surface area contributed by atoms with Gasteiger partial charge in [0.2, 0.25) is 0 Å². The topological polar surface area (TPSA) is 34.1 Å². The summed E-state index contributed by atoms with van der Waals surface area (Å²) < 4.78 is 7.24. The highest BCUT2D eigenvalue weighted by atomic mass is 79.9.